The Hall–Kier alpha value is -1.02. The summed E-state index contributed by atoms with van der Waals surface area (Å²) < 4.78 is 5.59. The summed E-state index contributed by atoms with van der Waals surface area (Å²) in [5.41, 5.74) is 1.35. The predicted octanol–water partition coefficient (Wildman–Crippen LogP) is 2.80. The first kappa shape index (κ1) is 12.1. The molecule has 1 N–H and O–H groups in total. The van der Waals surface area contributed by atoms with Crippen molar-refractivity contribution in [3.8, 4) is 5.75 Å². The van der Waals surface area contributed by atoms with Gasteiger partial charge in [0.2, 0.25) is 0 Å². The first-order valence-corrected chi connectivity index (χ1v) is 5.54. The van der Waals surface area contributed by atoms with Gasteiger partial charge in [0.15, 0.2) is 0 Å². The lowest BCUT2D eigenvalue weighted by Gasteiger charge is -2.13. The molecule has 0 spiro atoms. The van der Waals surface area contributed by atoms with E-state index in [4.69, 9.17) is 4.74 Å². The molecule has 0 aliphatic heterocycles. The van der Waals surface area contributed by atoms with Gasteiger partial charge in [-0.2, -0.15) is 0 Å². The molecule has 0 saturated carbocycles. The van der Waals surface area contributed by atoms with E-state index < -0.39 is 0 Å². The minimum absolute atomic E-state index is 0.241. The summed E-state index contributed by atoms with van der Waals surface area (Å²) in [5, 5.41) is 3.18. The quantitative estimate of drug-likeness (QED) is 0.801. The Labute approximate surface area is 92.6 Å². The second-order valence-electron chi connectivity index (χ2n) is 4.19. The SMILES string of the molecule is CNCC(C)c1ccc(OC(C)C)cc1. The molecule has 1 rings (SSSR count). The van der Waals surface area contributed by atoms with E-state index >= 15 is 0 Å². The van der Waals surface area contributed by atoms with E-state index in [1.54, 1.807) is 0 Å². The molecule has 2 heteroatoms. The number of ether oxygens (including phenoxy) is 1. The van der Waals surface area contributed by atoms with Crippen molar-refractivity contribution in [2.45, 2.75) is 32.8 Å². The monoisotopic (exact) mass is 207 g/mol. The highest BCUT2D eigenvalue weighted by molar-refractivity contribution is 5.29. The van der Waals surface area contributed by atoms with Gasteiger partial charge < -0.3 is 10.1 Å². The van der Waals surface area contributed by atoms with Gasteiger partial charge in [-0.1, -0.05) is 19.1 Å². The molecule has 0 bridgehead atoms. The number of benzene rings is 1. The molecular formula is C13H21NO. The van der Waals surface area contributed by atoms with Gasteiger partial charge in [0.05, 0.1) is 6.10 Å². The highest BCUT2D eigenvalue weighted by Crippen LogP contribution is 2.19. The number of hydrogen-bond acceptors (Lipinski definition) is 2. The molecule has 0 aromatic heterocycles. The zero-order valence-corrected chi connectivity index (χ0v) is 10.1. The molecule has 15 heavy (non-hydrogen) atoms. The maximum Gasteiger partial charge on any atom is 0.119 e. The van der Waals surface area contributed by atoms with Crippen LogP contribution in [0.25, 0.3) is 0 Å². The van der Waals surface area contributed by atoms with Gasteiger partial charge in [-0.3, -0.25) is 0 Å². The van der Waals surface area contributed by atoms with Crippen LogP contribution in [0.3, 0.4) is 0 Å². The van der Waals surface area contributed by atoms with Gasteiger partial charge in [-0.05, 0) is 44.5 Å². The maximum absolute atomic E-state index is 5.59. The minimum Gasteiger partial charge on any atom is -0.491 e. The summed E-state index contributed by atoms with van der Waals surface area (Å²) in [5.74, 6) is 1.49. The third kappa shape index (κ3) is 3.92. The molecule has 0 saturated heterocycles. The summed E-state index contributed by atoms with van der Waals surface area (Å²) >= 11 is 0. The minimum atomic E-state index is 0.241. The van der Waals surface area contributed by atoms with Crippen molar-refractivity contribution in [2.75, 3.05) is 13.6 Å². The molecule has 1 aromatic rings. The van der Waals surface area contributed by atoms with Crippen LogP contribution >= 0.6 is 0 Å². The largest absolute Gasteiger partial charge is 0.491 e. The normalized spacial score (nSPS) is 12.9. The van der Waals surface area contributed by atoms with Crippen molar-refractivity contribution in [1.82, 2.24) is 5.32 Å². The van der Waals surface area contributed by atoms with Crippen LogP contribution < -0.4 is 10.1 Å². The lowest BCUT2D eigenvalue weighted by atomic mass is 10.0. The van der Waals surface area contributed by atoms with Crippen molar-refractivity contribution < 1.29 is 4.74 Å². The van der Waals surface area contributed by atoms with E-state index in [0.29, 0.717) is 5.92 Å². The summed E-state index contributed by atoms with van der Waals surface area (Å²) in [7, 11) is 1.98. The van der Waals surface area contributed by atoms with Crippen LogP contribution in [-0.4, -0.2) is 19.7 Å². The van der Waals surface area contributed by atoms with Crippen molar-refractivity contribution in [3.05, 3.63) is 29.8 Å². The molecule has 0 aliphatic carbocycles. The molecular weight excluding hydrogens is 186 g/mol. The molecule has 1 unspecified atom stereocenters. The highest BCUT2D eigenvalue weighted by atomic mass is 16.5. The molecule has 1 aromatic carbocycles. The van der Waals surface area contributed by atoms with Crippen LogP contribution in [0.2, 0.25) is 0 Å². The van der Waals surface area contributed by atoms with E-state index in [-0.39, 0.29) is 6.10 Å². The van der Waals surface area contributed by atoms with Gasteiger partial charge in [0.25, 0.3) is 0 Å². The first-order chi connectivity index (χ1) is 7.13. The van der Waals surface area contributed by atoms with E-state index in [2.05, 4.69) is 24.4 Å². The maximum atomic E-state index is 5.59. The number of nitrogens with one attached hydrogen (secondary N) is 1. The standard InChI is InChI=1S/C13H21NO/c1-10(2)15-13-7-5-12(6-8-13)11(3)9-14-4/h5-8,10-11,14H,9H2,1-4H3. The molecule has 1 atom stereocenters. The van der Waals surface area contributed by atoms with Crippen molar-refractivity contribution in [3.63, 3.8) is 0 Å². The van der Waals surface area contributed by atoms with E-state index in [0.717, 1.165) is 12.3 Å². The van der Waals surface area contributed by atoms with Crippen LogP contribution in [0.4, 0.5) is 0 Å². The fourth-order valence-electron chi connectivity index (χ4n) is 1.57. The van der Waals surface area contributed by atoms with E-state index in [1.165, 1.54) is 5.56 Å². The third-order valence-corrected chi connectivity index (χ3v) is 2.33. The molecule has 0 fully saturated rings. The van der Waals surface area contributed by atoms with Crippen molar-refractivity contribution >= 4 is 0 Å². The van der Waals surface area contributed by atoms with Gasteiger partial charge in [0.1, 0.15) is 5.75 Å². The topological polar surface area (TPSA) is 21.3 Å². The summed E-state index contributed by atoms with van der Waals surface area (Å²) in [6, 6.07) is 8.36. The Morgan fingerprint density at radius 3 is 2.20 bits per heavy atom. The fraction of sp³-hybridized carbons (Fsp3) is 0.538. The highest BCUT2D eigenvalue weighted by Gasteiger charge is 2.04. The lowest BCUT2D eigenvalue weighted by Crippen LogP contribution is -2.14. The van der Waals surface area contributed by atoms with Crippen molar-refractivity contribution in [1.29, 1.82) is 0 Å². The Kier molecular flexibility index (Phi) is 4.63. The molecule has 84 valence electrons. The Morgan fingerprint density at radius 1 is 1.13 bits per heavy atom. The van der Waals surface area contributed by atoms with Crippen LogP contribution in [0, 0.1) is 0 Å². The lowest BCUT2D eigenvalue weighted by molar-refractivity contribution is 0.242. The van der Waals surface area contributed by atoms with Gasteiger partial charge >= 0.3 is 0 Å². The van der Waals surface area contributed by atoms with Crippen molar-refractivity contribution in [2.24, 2.45) is 0 Å². The summed E-state index contributed by atoms with van der Waals surface area (Å²) in [4.78, 5) is 0. The van der Waals surface area contributed by atoms with Crippen LogP contribution in [0.1, 0.15) is 32.3 Å². The number of likely N-dealkylation sites (N-methyl/N-ethyl adjacent to an activating group) is 1. The zero-order chi connectivity index (χ0) is 11.3. The average molecular weight is 207 g/mol. The molecule has 0 radical (unpaired) electrons. The zero-order valence-electron chi connectivity index (χ0n) is 10.1. The van der Waals surface area contributed by atoms with E-state index in [1.807, 2.05) is 33.0 Å². The molecule has 2 nitrogen and oxygen atoms in total. The summed E-state index contributed by atoms with van der Waals surface area (Å²) in [6.45, 7) is 7.30. The van der Waals surface area contributed by atoms with E-state index in [9.17, 15) is 0 Å². The molecule has 0 aliphatic rings. The first-order valence-electron chi connectivity index (χ1n) is 5.54. The number of rotatable bonds is 5. The van der Waals surface area contributed by atoms with Gasteiger partial charge in [-0.15, -0.1) is 0 Å². The second kappa shape index (κ2) is 5.76. The Balaban J connectivity index is 2.63. The smallest absolute Gasteiger partial charge is 0.119 e. The third-order valence-electron chi connectivity index (χ3n) is 2.33. The number of hydrogen-bond donors (Lipinski definition) is 1. The van der Waals surface area contributed by atoms with Crippen LogP contribution in [-0.2, 0) is 0 Å². The van der Waals surface area contributed by atoms with Gasteiger partial charge in [-0.25, -0.2) is 0 Å². The van der Waals surface area contributed by atoms with Crippen LogP contribution in [0.15, 0.2) is 24.3 Å². The molecule has 0 heterocycles. The fourth-order valence-corrected chi connectivity index (χ4v) is 1.57. The Bertz CT molecular complexity index is 279. The Morgan fingerprint density at radius 2 is 1.73 bits per heavy atom. The van der Waals surface area contributed by atoms with Gasteiger partial charge in [0, 0.05) is 6.54 Å². The second-order valence-corrected chi connectivity index (χ2v) is 4.19. The molecule has 0 amide bonds. The predicted molar refractivity (Wildman–Crippen MR) is 64.5 cm³/mol. The average Bonchev–Trinajstić information content (AvgIpc) is 2.18. The van der Waals surface area contributed by atoms with Crippen LogP contribution in [0.5, 0.6) is 5.75 Å². The summed E-state index contributed by atoms with van der Waals surface area (Å²) in [6.07, 6.45) is 0.241.